The van der Waals surface area contributed by atoms with Crippen molar-refractivity contribution in [1.29, 1.82) is 0 Å². The Hall–Kier alpha value is -3.77. The van der Waals surface area contributed by atoms with Crippen molar-refractivity contribution >= 4 is 23.7 Å². The number of carbonyl (C=O) groups is 3. The number of hydrogen-bond donors (Lipinski definition) is 2. The molecule has 0 saturated carbocycles. The number of ether oxygens (including phenoxy) is 1. The summed E-state index contributed by atoms with van der Waals surface area (Å²) >= 11 is 0. The van der Waals surface area contributed by atoms with Crippen LogP contribution >= 0.6 is 0 Å². The highest BCUT2D eigenvalue weighted by molar-refractivity contribution is 5.93. The third-order valence-corrected chi connectivity index (χ3v) is 9.92. The number of amides is 3. The summed E-state index contributed by atoms with van der Waals surface area (Å²) in [7, 11) is 0. The standard InChI is InChI=1S/C35H49N7O5/c1-23(43)39-16-11-27(12-17-39)36-31-19-28(37-32(38-31)26-10-15-42(21-26)34(46)47-35(2,3)4)33(45)41-18-13-29(30(44)22-41)40-14-9-24-7-5-6-8-25(24)20-40/h5-8,19,26-27,29-30,44H,9-18,20-22H2,1-4H3,(H,36,37,38)/t26?,29-,30-/m1/s1. The first kappa shape index (κ1) is 33.1. The van der Waals surface area contributed by atoms with Crippen LogP contribution in [0.1, 0.15) is 86.7 Å². The van der Waals surface area contributed by atoms with Gasteiger partial charge in [0.1, 0.15) is 22.9 Å². The summed E-state index contributed by atoms with van der Waals surface area (Å²) in [6.45, 7) is 11.9. The lowest BCUT2D eigenvalue weighted by molar-refractivity contribution is -0.129. The average Bonchev–Trinajstić information content (AvgIpc) is 3.55. The lowest BCUT2D eigenvalue weighted by Gasteiger charge is -2.43. The van der Waals surface area contributed by atoms with Crippen molar-refractivity contribution in [3.05, 3.63) is 53.0 Å². The molecule has 0 aliphatic carbocycles. The zero-order valence-corrected chi connectivity index (χ0v) is 28.2. The lowest BCUT2D eigenvalue weighted by atomic mass is 9.94. The highest BCUT2D eigenvalue weighted by Crippen LogP contribution is 2.30. The van der Waals surface area contributed by atoms with Crippen LogP contribution in [0.15, 0.2) is 30.3 Å². The van der Waals surface area contributed by atoms with Gasteiger partial charge in [-0.25, -0.2) is 14.8 Å². The topological polar surface area (TPSA) is 131 Å². The number of anilines is 1. The molecule has 2 aromatic rings. The fraction of sp³-hybridized carbons (Fsp3) is 0.629. The number of benzene rings is 1. The Morgan fingerprint density at radius 3 is 2.30 bits per heavy atom. The summed E-state index contributed by atoms with van der Waals surface area (Å²) in [5.74, 6) is 0.790. The number of fused-ring (bicyclic) bond motifs is 1. The van der Waals surface area contributed by atoms with Crippen LogP contribution in [-0.2, 0) is 22.5 Å². The second kappa shape index (κ2) is 13.8. The van der Waals surface area contributed by atoms with E-state index in [1.165, 1.54) is 11.1 Å². The highest BCUT2D eigenvalue weighted by Gasteiger charge is 2.37. The van der Waals surface area contributed by atoms with Gasteiger partial charge < -0.3 is 29.9 Å². The summed E-state index contributed by atoms with van der Waals surface area (Å²) < 4.78 is 5.59. The number of piperidine rings is 2. The van der Waals surface area contributed by atoms with Gasteiger partial charge in [-0.2, -0.15) is 0 Å². The largest absolute Gasteiger partial charge is 0.444 e. The number of carbonyl (C=O) groups excluding carboxylic acids is 3. The highest BCUT2D eigenvalue weighted by atomic mass is 16.6. The van der Waals surface area contributed by atoms with E-state index in [0.717, 1.165) is 32.4 Å². The summed E-state index contributed by atoms with van der Waals surface area (Å²) in [5, 5.41) is 14.8. The summed E-state index contributed by atoms with van der Waals surface area (Å²) in [6, 6.07) is 10.3. The van der Waals surface area contributed by atoms with Crippen LogP contribution in [0.25, 0.3) is 0 Å². The summed E-state index contributed by atoms with van der Waals surface area (Å²) in [5.41, 5.74) is 2.37. The van der Waals surface area contributed by atoms with Crippen molar-refractivity contribution in [1.82, 2.24) is 29.6 Å². The zero-order valence-electron chi connectivity index (χ0n) is 28.2. The Bertz CT molecular complexity index is 1470. The molecule has 47 heavy (non-hydrogen) atoms. The van der Waals surface area contributed by atoms with E-state index in [4.69, 9.17) is 14.7 Å². The Balaban J connectivity index is 1.17. The number of nitrogens with one attached hydrogen (secondary N) is 1. The number of hydrogen-bond acceptors (Lipinski definition) is 9. The van der Waals surface area contributed by atoms with Gasteiger partial charge >= 0.3 is 6.09 Å². The molecular weight excluding hydrogens is 598 g/mol. The Morgan fingerprint density at radius 2 is 1.60 bits per heavy atom. The van der Waals surface area contributed by atoms with Gasteiger partial charge in [0.05, 0.1) is 6.10 Å². The summed E-state index contributed by atoms with van der Waals surface area (Å²) in [4.78, 5) is 55.9. The van der Waals surface area contributed by atoms with Gasteiger partial charge in [0.2, 0.25) is 5.91 Å². The monoisotopic (exact) mass is 647 g/mol. The molecule has 12 heteroatoms. The Labute approximate surface area is 277 Å². The number of aliphatic hydroxyl groups is 1. The third-order valence-electron chi connectivity index (χ3n) is 9.92. The van der Waals surface area contributed by atoms with Crippen LogP contribution in [0, 0.1) is 0 Å². The van der Waals surface area contributed by atoms with Gasteiger partial charge in [0.25, 0.3) is 5.91 Å². The number of aromatic nitrogens is 2. The molecule has 1 aromatic carbocycles. The molecule has 5 heterocycles. The minimum Gasteiger partial charge on any atom is -0.444 e. The van der Waals surface area contributed by atoms with Crippen molar-refractivity contribution in [2.24, 2.45) is 0 Å². The maximum atomic E-state index is 14.0. The van der Waals surface area contributed by atoms with Crippen molar-refractivity contribution in [2.45, 2.75) is 96.1 Å². The first-order valence-electron chi connectivity index (χ1n) is 17.1. The van der Waals surface area contributed by atoms with E-state index in [0.29, 0.717) is 57.2 Å². The minimum absolute atomic E-state index is 0.0104. The van der Waals surface area contributed by atoms with Crippen LogP contribution in [0.2, 0.25) is 0 Å². The molecule has 3 saturated heterocycles. The van der Waals surface area contributed by atoms with Gasteiger partial charge in [0.15, 0.2) is 0 Å². The van der Waals surface area contributed by atoms with Crippen LogP contribution in [0.5, 0.6) is 0 Å². The lowest BCUT2D eigenvalue weighted by Crippen LogP contribution is -2.56. The van der Waals surface area contributed by atoms with Gasteiger partial charge in [-0.1, -0.05) is 24.3 Å². The number of likely N-dealkylation sites (tertiary alicyclic amines) is 3. The van der Waals surface area contributed by atoms with Gasteiger partial charge in [-0.3, -0.25) is 14.5 Å². The zero-order chi connectivity index (χ0) is 33.3. The number of nitrogens with zero attached hydrogens (tertiary/aromatic N) is 6. The molecule has 12 nitrogen and oxygen atoms in total. The number of β-amino-alcohol motifs (C(OH)–C–C–N with tert-alkyl or cyclic N) is 1. The Morgan fingerprint density at radius 1 is 0.894 bits per heavy atom. The van der Waals surface area contributed by atoms with Crippen LogP contribution < -0.4 is 5.32 Å². The van der Waals surface area contributed by atoms with Gasteiger partial charge in [-0.05, 0) is 64.0 Å². The van der Waals surface area contributed by atoms with Crippen molar-refractivity contribution in [2.75, 3.05) is 51.1 Å². The van der Waals surface area contributed by atoms with E-state index in [-0.39, 0.29) is 48.1 Å². The molecular formula is C35H49N7O5. The second-order valence-corrected chi connectivity index (χ2v) is 14.5. The van der Waals surface area contributed by atoms with Gasteiger partial charge in [-0.15, -0.1) is 0 Å². The van der Waals surface area contributed by atoms with Gasteiger partial charge in [0, 0.05) is 83.3 Å². The Kier molecular flexibility index (Phi) is 9.70. The molecule has 254 valence electrons. The van der Waals surface area contributed by atoms with Crippen LogP contribution in [0.3, 0.4) is 0 Å². The van der Waals surface area contributed by atoms with E-state index in [1.54, 1.807) is 22.8 Å². The van der Waals surface area contributed by atoms with E-state index in [2.05, 4.69) is 34.5 Å². The smallest absolute Gasteiger partial charge is 0.410 e. The van der Waals surface area contributed by atoms with E-state index in [9.17, 15) is 19.5 Å². The molecule has 1 unspecified atom stereocenters. The van der Waals surface area contributed by atoms with Crippen LogP contribution in [0.4, 0.5) is 10.6 Å². The molecule has 3 fully saturated rings. The molecule has 0 spiro atoms. The maximum Gasteiger partial charge on any atom is 0.410 e. The molecule has 0 radical (unpaired) electrons. The molecule has 4 aliphatic rings. The molecule has 6 rings (SSSR count). The minimum atomic E-state index is -0.666. The molecule has 2 N–H and O–H groups in total. The SMILES string of the molecule is CC(=O)N1CCC(Nc2cc(C(=O)N3CC[C@@H](N4CCc5ccccc5C4)[C@H](O)C3)nc(C3CCN(C(=O)OC(C)(C)C)C3)n2)CC1. The van der Waals surface area contributed by atoms with E-state index < -0.39 is 11.7 Å². The van der Waals surface area contributed by atoms with Crippen molar-refractivity contribution < 1.29 is 24.2 Å². The van der Waals surface area contributed by atoms with Crippen molar-refractivity contribution in [3.8, 4) is 0 Å². The maximum absolute atomic E-state index is 14.0. The molecule has 1 aromatic heterocycles. The fourth-order valence-corrected chi connectivity index (χ4v) is 7.34. The first-order chi connectivity index (χ1) is 22.4. The second-order valence-electron chi connectivity index (χ2n) is 14.5. The van der Waals surface area contributed by atoms with E-state index in [1.807, 2.05) is 25.7 Å². The number of aliphatic hydroxyl groups excluding tert-OH is 1. The first-order valence-corrected chi connectivity index (χ1v) is 17.1. The molecule has 0 bridgehead atoms. The van der Waals surface area contributed by atoms with Crippen molar-refractivity contribution in [3.63, 3.8) is 0 Å². The predicted molar refractivity (Wildman–Crippen MR) is 177 cm³/mol. The quantitative estimate of drug-likeness (QED) is 0.502. The molecule has 3 amide bonds. The predicted octanol–water partition coefficient (Wildman–Crippen LogP) is 3.26. The fourth-order valence-electron chi connectivity index (χ4n) is 7.34. The summed E-state index contributed by atoms with van der Waals surface area (Å²) in [6.07, 6.45) is 2.83. The van der Waals surface area contributed by atoms with E-state index >= 15 is 0 Å². The third kappa shape index (κ3) is 7.86. The number of rotatable bonds is 5. The molecule has 4 aliphatic heterocycles. The normalized spacial score (nSPS) is 24.2. The average molecular weight is 648 g/mol. The van der Waals surface area contributed by atoms with Crippen LogP contribution in [-0.4, -0.2) is 122 Å². The molecule has 3 atom stereocenters.